The number of para-hydroxylation sites is 1. The van der Waals surface area contributed by atoms with E-state index in [-0.39, 0.29) is 18.5 Å². The molecule has 6 nitrogen and oxygen atoms in total. The van der Waals surface area contributed by atoms with Crippen molar-refractivity contribution in [2.24, 2.45) is 5.92 Å². The summed E-state index contributed by atoms with van der Waals surface area (Å²) in [5.41, 5.74) is 3.65. The Morgan fingerprint density at radius 3 is 2.34 bits per heavy atom. The molecule has 1 fully saturated rings. The largest absolute Gasteiger partial charge is 0.372 e. The van der Waals surface area contributed by atoms with Crippen LogP contribution >= 0.6 is 0 Å². The van der Waals surface area contributed by atoms with Crippen molar-refractivity contribution >= 4 is 27.3 Å². The number of carbonyl (C=O) groups is 1. The van der Waals surface area contributed by atoms with Gasteiger partial charge in [-0.25, -0.2) is 8.42 Å². The quantitative estimate of drug-likeness (QED) is 0.647. The summed E-state index contributed by atoms with van der Waals surface area (Å²) in [7, 11) is -3.60. The van der Waals surface area contributed by atoms with Gasteiger partial charge < -0.3 is 10.2 Å². The highest BCUT2D eigenvalue weighted by Gasteiger charge is 2.23. The predicted octanol–water partition coefficient (Wildman–Crippen LogP) is 4.13. The van der Waals surface area contributed by atoms with E-state index in [4.69, 9.17) is 0 Å². The van der Waals surface area contributed by atoms with Crippen molar-refractivity contribution in [3.8, 4) is 0 Å². The molecule has 0 saturated carbocycles. The summed E-state index contributed by atoms with van der Waals surface area (Å²) in [5, 5.41) is 2.95. The summed E-state index contributed by atoms with van der Waals surface area (Å²) >= 11 is 0. The number of nitrogens with zero attached hydrogens (tertiary/aromatic N) is 2. The van der Waals surface area contributed by atoms with Crippen molar-refractivity contribution in [1.82, 2.24) is 5.32 Å². The third kappa shape index (κ3) is 6.03. The highest BCUT2D eigenvalue weighted by Crippen LogP contribution is 2.25. The van der Waals surface area contributed by atoms with Crippen LogP contribution in [0.3, 0.4) is 0 Å². The van der Waals surface area contributed by atoms with E-state index in [1.807, 2.05) is 38.1 Å². The number of piperidine rings is 1. The number of anilines is 2. The summed E-state index contributed by atoms with van der Waals surface area (Å²) in [5.74, 6) is 0.458. The minimum atomic E-state index is -3.60. The van der Waals surface area contributed by atoms with Crippen LogP contribution in [0.1, 0.15) is 50.8 Å². The molecule has 1 aliphatic rings. The average molecular weight is 458 g/mol. The van der Waals surface area contributed by atoms with E-state index in [1.54, 1.807) is 12.1 Å². The Labute approximate surface area is 192 Å². The van der Waals surface area contributed by atoms with Crippen molar-refractivity contribution in [1.29, 1.82) is 0 Å². The fourth-order valence-corrected chi connectivity index (χ4v) is 5.06. The van der Waals surface area contributed by atoms with Gasteiger partial charge in [-0.05, 0) is 61.4 Å². The van der Waals surface area contributed by atoms with E-state index >= 15 is 0 Å². The molecule has 0 radical (unpaired) electrons. The first kappa shape index (κ1) is 24.1. The molecule has 0 aromatic heterocycles. The first-order chi connectivity index (χ1) is 15.2. The standard InChI is InChI=1S/C25H35N3O3S/c1-5-21-8-6-7-9-24(21)28(32(4,30)31)18-25(29)26-20(3)22-10-12-23(13-11-22)27-16-14-19(2)15-17-27/h6-13,19-20H,5,14-18H2,1-4H3,(H,26,29). The first-order valence-electron chi connectivity index (χ1n) is 11.4. The van der Waals surface area contributed by atoms with Crippen LogP contribution in [0.4, 0.5) is 11.4 Å². The molecule has 1 amide bonds. The van der Waals surface area contributed by atoms with Crippen LogP contribution in [-0.2, 0) is 21.2 Å². The summed E-state index contributed by atoms with van der Waals surface area (Å²) in [6, 6.07) is 15.4. The lowest BCUT2D eigenvalue weighted by Crippen LogP contribution is -2.41. The molecular formula is C25H35N3O3S. The molecule has 1 unspecified atom stereocenters. The van der Waals surface area contributed by atoms with E-state index < -0.39 is 10.0 Å². The maximum absolute atomic E-state index is 12.8. The monoisotopic (exact) mass is 457 g/mol. The summed E-state index contributed by atoms with van der Waals surface area (Å²) < 4.78 is 26.1. The molecule has 2 aromatic carbocycles. The van der Waals surface area contributed by atoms with Gasteiger partial charge in [0, 0.05) is 18.8 Å². The Kier molecular flexibility index (Phi) is 7.82. The van der Waals surface area contributed by atoms with Gasteiger partial charge in [-0.3, -0.25) is 9.10 Å². The molecule has 1 saturated heterocycles. The Morgan fingerprint density at radius 1 is 1.12 bits per heavy atom. The fraction of sp³-hybridized carbons (Fsp3) is 0.480. The molecule has 32 heavy (non-hydrogen) atoms. The number of aryl methyl sites for hydroxylation is 1. The van der Waals surface area contributed by atoms with Crippen molar-refractivity contribution in [3.63, 3.8) is 0 Å². The van der Waals surface area contributed by atoms with Gasteiger partial charge in [0.05, 0.1) is 18.0 Å². The molecule has 1 atom stereocenters. The number of rotatable bonds is 8. The number of benzene rings is 2. The average Bonchev–Trinajstić information content (AvgIpc) is 2.77. The maximum Gasteiger partial charge on any atom is 0.241 e. The number of sulfonamides is 1. The van der Waals surface area contributed by atoms with Gasteiger partial charge in [-0.1, -0.05) is 44.2 Å². The molecule has 1 heterocycles. The Morgan fingerprint density at radius 2 is 1.75 bits per heavy atom. The zero-order valence-electron chi connectivity index (χ0n) is 19.5. The molecule has 1 aliphatic heterocycles. The van der Waals surface area contributed by atoms with Crippen LogP contribution in [-0.4, -0.2) is 40.2 Å². The number of nitrogens with one attached hydrogen (secondary N) is 1. The van der Waals surface area contributed by atoms with E-state index in [1.165, 1.54) is 22.8 Å². The molecule has 0 bridgehead atoms. The van der Waals surface area contributed by atoms with Crippen molar-refractivity contribution in [2.45, 2.75) is 46.1 Å². The number of carbonyl (C=O) groups excluding carboxylic acids is 1. The molecular weight excluding hydrogens is 422 g/mol. The fourth-order valence-electron chi connectivity index (χ4n) is 4.18. The zero-order chi connectivity index (χ0) is 23.3. The van der Waals surface area contributed by atoms with Crippen LogP contribution < -0.4 is 14.5 Å². The van der Waals surface area contributed by atoms with Gasteiger partial charge in [-0.2, -0.15) is 0 Å². The summed E-state index contributed by atoms with van der Waals surface area (Å²) in [6.07, 6.45) is 4.25. The van der Waals surface area contributed by atoms with E-state index in [0.29, 0.717) is 12.1 Å². The topological polar surface area (TPSA) is 69.7 Å². The number of hydrogen-bond donors (Lipinski definition) is 1. The third-order valence-electron chi connectivity index (χ3n) is 6.25. The molecule has 0 aliphatic carbocycles. The summed E-state index contributed by atoms with van der Waals surface area (Å²) in [4.78, 5) is 15.2. The minimum Gasteiger partial charge on any atom is -0.372 e. The number of hydrogen-bond acceptors (Lipinski definition) is 4. The highest BCUT2D eigenvalue weighted by atomic mass is 32.2. The van der Waals surface area contributed by atoms with Crippen LogP contribution in [0.2, 0.25) is 0 Å². The lowest BCUT2D eigenvalue weighted by Gasteiger charge is -2.32. The lowest BCUT2D eigenvalue weighted by atomic mass is 9.98. The second-order valence-corrected chi connectivity index (χ2v) is 10.7. The zero-order valence-corrected chi connectivity index (χ0v) is 20.4. The van der Waals surface area contributed by atoms with Crippen LogP contribution in [0.15, 0.2) is 48.5 Å². The lowest BCUT2D eigenvalue weighted by molar-refractivity contribution is -0.120. The smallest absolute Gasteiger partial charge is 0.241 e. The first-order valence-corrected chi connectivity index (χ1v) is 13.2. The predicted molar refractivity (Wildman–Crippen MR) is 132 cm³/mol. The number of amides is 1. The Hall–Kier alpha value is -2.54. The molecule has 1 N–H and O–H groups in total. The molecule has 0 spiro atoms. The van der Waals surface area contributed by atoms with Crippen molar-refractivity contribution < 1.29 is 13.2 Å². The SMILES string of the molecule is CCc1ccccc1N(CC(=O)NC(C)c1ccc(N2CCC(C)CC2)cc1)S(C)(=O)=O. The third-order valence-corrected chi connectivity index (χ3v) is 7.37. The molecule has 3 rings (SSSR count). The van der Waals surface area contributed by atoms with Crippen molar-refractivity contribution in [2.75, 3.05) is 35.1 Å². The van der Waals surface area contributed by atoms with Gasteiger partial charge in [-0.15, -0.1) is 0 Å². The second-order valence-electron chi connectivity index (χ2n) is 8.80. The summed E-state index contributed by atoms with van der Waals surface area (Å²) in [6.45, 7) is 8.09. The van der Waals surface area contributed by atoms with Gasteiger partial charge in [0.25, 0.3) is 0 Å². The maximum atomic E-state index is 12.8. The molecule has 174 valence electrons. The van der Waals surface area contributed by atoms with Gasteiger partial charge in [0.15, 0.2) is 0 Å². The van der Waals surface area contributed by atoms with Crippen molar-refractivity contribution in [3.05, 3.63) is 59.7 Å². The highest BCUT2D eigenvalue weighted by molar-refractivity contribution is 7.92. The Bertz CT molecular complexity index is 1010. The van der Waals surface area contributed by atoms with Gasteiger partial charge >= 0.3 is 0 Å². The van der Waals surface area contributed by atoms with E-state index in [9.17, 15) is 13.2 Å². The van der Waals surface area contributed by atoms with Gasteiger partial charge in [0.2, 0.25) is 15.9 Å². The molecule has 2 aromatic rings. The van der Waals surface area contributed by atoms with Crippen LogP contribution in [0, 0.1) is 5.92 Å². The van der Waals surface area contributed by atoms with Crippen LogP contribution in [0.5, 0.6) is 0 Å². The minimum absolute atomic E-state index is 0.222. The second kappa shape index (κ2) is 10.4. The molecule has 7 heteroatoms. The van der Waals surface area contributed by atoms with Gasteiger partial charge in [0.1, 0.15) is 6.54 Å². The van der Waals surface area contributed by atoms with E-state index in [0.717, 1.165) is 36.4 Å². The van der Waals surface area contributed by atoms with Crippen LogP contribution in [0.25, 0.3) is 0 Å². The Balaban J connectivity index is 1.66. The van der Waals surface area contributed by atoms with E-state index in [2.05, 4.69) is 29.3 Å². The normalized spacial score (nSPS) is 15.9.